The Labute approximate surface area is 120 Å². The molecule has 0 unspecified atom stereocenters. The second kappa shape index (κ2) is 8.23. The van der Waals surface area contributed by atoms with Crippen LogP contribution in [0.25, 0.3) is 0 Å². The van der Waals surface area contributed by atoms with Gasteiger partial charge in [-0.1, -0.05) is 18.2 Å². The molecule has 2 N–H and O–H groups in total. The smallest absolute Gasteiger partial charge is 0.127 e. The zero-order chi connectivity index (χ0) is 14.0. The Hall–Kier alpha value is -2.00. The maximum atomic E-state index is 5.72. The van der Waals surface area contributed by atoms with E-state index >= 15 is 0 Å². The van der Waals surface area contributed by atoms with Crippen LogP contribution < -0.4 is 15.2 Å². The molecule has 0 radical (unpaired) electrons. The summed E-state index contributed by atoms with van der Waals surface area (Å²) in [5.74, 6) is 2.52. The molecular formula is C17H21NO2. The van der Waals surface area contributed by atoms with Gasteiger partial charge in [-0.15, -0.1) is 0 Å². The standard InChI is InChI=1S/C17H21NO2/c18-13-5-2-6-14-19-15-9-11-17(12-10-15)20-16-7-3-1-4-8-16/h1,3-4,7-12H,2,5-6,13-14,18H2. The van der Waals surface area contributed by atoms with Crippen molar-refractivity contribution in [2.24, 2.45) is 5.73 Å². The van der Waals surface area contributed by atoms with Crippen molar-refractivity contribution >= 4 is 0 Å². The fourth-order valence-corrected chi connectivity index (χ4v) is 1.84. The van der Waals surface area contributed by atoms with Crippen LogP contribution >= 0.6 is 0 Å². The minimum absolute atomic E-state index is 0.735. The lowest BCUT2D eigenvalue weighted by molar-refractivity contribution is 0.305. The Bertz CT molecular complexity index is 482. The molecular weight excluding hydrogens is 250 g/mol. The van der Waals surface area contributed by atoms with Crippen LogP contribution in [0.4, 0.5) is 0 Å². The summed E-state index contributed by atoms with van der Waals surface area (Å²) in [6, 6.07) is 17.4. The molecule has 0 atom stereocenters. The van der Waals surface area contributed by atoms with Crippen LogP contribution in [-0.2, 0) is 0 Å². The molecule has 2 aromatic carbocycles. The van der Waals surface area contributed by atoms with Gasteiger partial charge in [0.25, 0.3) is 0 Å². The summed E-state index contributed by atoms with van der Waals surface area (Å²) >= 11 is 0. The molecule has 0 aliphatic heterocycles. The summed E-state index contributed by atoms with van der Waals surface area (Å²) in [4.78, 5) is 0. The molecule has 0 saturated carbocycles. The maximum absolute atomic E-state index is 5.72. The molecule has 0 spiro atoms. The number of hydrogen-bond donors (Lipinski definition) is 1. The van der Waals surface area contributed by atoms with Crippen LogP contribution in [0.5, 0.6) is 17.2 Å². The highest BCUT2D eigenvalue weighted by Crippen LogP contribution is 2.23. The zero-order valence-electron chi connectivity index (χ0n) is 11.6. The predicted molar refractivity (Wildman–Crippen MR) is 81.4 cm³/mol. The fraction of sp³-hybridized carbons (Fsp3) is 0.294. The second-order valence-corrected chi connectivity index (χ2v) is 4.58. The topological polar surface area (TPSA) is 44.5 Å². The predicted octanol–water partition coefficient (Wildman–Crippen LogP) is 3.99. The lowest BCUT2D eigenvalue weighted by Crippen LogP contribution is -2.01. The Morgan fingerprint density at radius 3 is 2.05 bits per heavy atom. The molecule has 0 bridgehead atoms. The number of ether oxygens (including phenoxy) is 2. The molecule has 3 nitrogen and oxygen atoms in total. The summed E-state index contributed by atoms with van der Waals surface area (Å²) in [5.41, 5.74) is 5.45. The summed E-state index contributed by atoms with van der Waals surface area (Å²) in [6.45, 7) is 1.49. The van der Waals surface area contributed by atoms with Crippen LogP contribution in [0.3, 0.4) is 0 Å². The largest absolute Gasteiger partial charge is 0.494 e. The Morgan fingerprint density at radius 1 is 0.700 bits per heavy atom. The highest BCUT2D eigenvalue weighted by molar-refractivity contribution is 5.35. The molecule has 0 heterocycles. The number of nitrogens with two attached hydrogens (primary N) is 1. The van der Waals surface area contributed by atoms with Gasteiger partial charge in [0.2, 0.25) is 0 Å². The maximum Gasteiger partial charge on any atom is 0.127 e. The number of para-hydroxylation sites is 1. The van der Waals surface area contributed by atoms with E-state index in [0.717, 1.165) is 49.7 Å². The van der Waals surface area contributed by atoms with E-state index in [4.69, 9.17) is 15.2 Å². The van der Waals surface area contributed by atoms with E-state index in [2.05, 4.69) is 0 Å². The van der Waals surface area contributed by atoms with Gasteiger partial charge in [0.15, 0.2) is 0 Å². The summed E-state index contributed by atoms with van der Waals surface area (Å²) < 4.78 is 11.4. The first kappa shape index (κ1) is 14.4. The minimum atomic E-state index is 0.735. The van der Waals surface area contributed by atoms with E-state index in [1.54, 1.807) is 0 Å². The monoisotopic (exact) mass is 271 g/mol. The first-order valence-electron chi connectivity index (χ1n) is 7.04. The van der Waals surface area contributed by atoms with Gasteiger partial charge in [0, 0.05) is 0 Å². The van der Waals surface area contributed by atoms with Crippen LogP contribution in [-0.4, -0.2) is 13.2 Å². The van der Waals surface area contributed by atoms with Crippen molar-refractivity contribution in [3.05, 3.63) is 54.6 Å². The molecule has 0 saturated heterocycles. The normalized spacial score (nSPS) is 10.2. The number of benzene rings is 2. The molecule has 0 fully saturated rings. The fourth-order valence-electron chi connectivity index (χ4n) is 1.84. The van der Waals surface area contributed by atoms with Crippen LogP contribution in [0.2, 0.25) is 0 Å². The van der Waals surface area contributed by atoms with E-state index in [-0.39, 0.29) is 0 Å². The Morgan fingerprint density at radius 2 is 1.35 bits per heavy atom. The van der Waals surface area contributed by atoms with Gasteiger partial charge in [-0.05, 0) is 62.2 Å². The third-order valence-electron chi connectivity index (χ3n) is 2.92. The van der Waals surface area contributed by atoms with Gasteiger partial charge in [0.1, 0.15) is 17.2 Å². The van der Waals surface area contributed by atoms with E-state index in [9.17, 15) is 0 Å². The van der Waals surface area contributed by atoms with Gasteiger partial charge >= 0.3 is 0 Å². The van der Waals surface area contributed by atoms with Crippen molar-refractivity contribution in [2.75, 3.05) is 13.2 Å². The Balaban J connectivity index is 1.78. The second-order valence-electron chi connectivity index (χ2n) is 4.58. The van der Waals surface area contributed by atoms with E-state index in [1.807, 2.05) is 54.6 Å². The van der Waals surface area contributed by atoms with Crippen molar-refractivity contribution in [3.8, 4) is 17.2 Å². The number of rotatable bonds is 8. The summed E-state index contributed by atoms with van der Waals surface area (Å²) in [6.07, 6.45) is 3.22. The van der Waals surface area contributed by atoms with Gasteiger partial charge in [-0.25, -0.2) is 0 Å². The minimum Gasteiger partial charge on any atom is -0.494 e. The van der Waals surface area contributed by atoms with Crippen molar-refractivity contribution in [2.45, 2.75) is 19.3 Å². The lowest BCUT2D eigenvalue weighted by atomic mass is 10.2. The third-order valence-corrected chi connectivity index (χ3v) is 2.92. The van der Waals surface area contributed by atoms with Gasteiger partial charge in [-0.2, -0.15) is 0 Å². The molecule has 0 aromatic heterocycles. The van der Waals surface area contributed by atoms with Gasteiger partial charge in [0.05, 0.1) is 6.61 Å². The average Bonchev–Trinajstić information content (AvgIpc) is 2.50. The molecule has 2 rings (SSSR count). The SMILES string of the molecule is NCCCCCOc1ccc(Oc2ccccc2)cc1. The number of hydrogen-bond acceptors (Lipinski definition) is 3. The first-order valence-corrected chi connectivity index (χ1v) is 7.04. The zero-order valence-corrected chi connectivity index (χ0v) is 11.6. The molecule has 0 aliphatic rings. The Kier molecular flexibility index (Phi) is 5.93. The lowest BCUT2D eigenvalue weighted by Gasteiger charge is -2.08. The average molecular weight is 271 g/mol. The summed E-state index contributed by atoms with van der Waals surface area (Å²) in [5, 5.41) is 0. The summed E-state index contributed by atoms with van der Waals surface area (Å²) in [7, 11) is 0. The van der Waals surface area contributed by atoms with Crippen LogP contribution in [0, 0.1) is 0 Å². The van der Waals surface area contributed by atoms with E-state index in [1.165, 1.54) is 0 Å². The molecule has 0 aliphatic carbocycles. The molecule has 106 valence electrons. The van der Waals surface area contributed by atoms with Crippen LogP contribution in [0.15, 0.2) is 54.6 Å². The number of unbranched alkanes of at least 4 members (excludes halogenated alkanes) is 2. The van der Waals surface area contributed by atoms with Crippen molar-refractivity contribution in [1.82, 2.24) is 0 Å². The molecule has 20 heavy (non-hydrogen) atoms. The first-order chi connectivity index (χ1) is 9.88. The molecule has 3 heteroatoms. The third kappa shape index (κ3) is 4.94. The molecule has 2 aromatic rings. The van der Waals surface area contributed by atoms with E-state index < -0.39 is 0 Å². The van der Waals surface area contributed by atoms with Crippen molar-refractivity contribution in [1.29, 1.82) is 0 Å². The van der Waals surface area contributed by atoms with Gasteiger partial charge in [-0.3, -0.25) is 0 Å². The quantitative estimate of drug-likeness (QED) is 0.738. The highest BCUT2D eigenvalue weighted by atomic mass is 16.5. The molecule has 0 amide bonds. The van der Waals surface area contributed by atoms with Crippen molar-refractivity contribution < 1.29 is 9.47 Å². The van der Waals surface area contributed by atoms with Crippen LogP contribution in [0.1, 0.15) is 19.3 Å². The highest BCUT2D eigenvalue weighted by Gasteiger charge is 1.98. The van der Waals surface area contributed by atoms with Gasteiger partial charge < -0.3 is 15.2 Å². The van der Waals surface area contributed by atoms with Crippen molar-refractivity contribution in [3.63, 3.8) is 0 Å². The van der Waals surface area contributed by atoms with E-state index in [0.29, 0.717) is 0 Å².